The molecular formula is C64H93N11O18. The molecule has 0 bridgehead atoms. The summed E-state index contributed by atoms with van der Waals surface area (Å²) in [6, 6.07) is 3.51. The second-order valence-corrected chi connectivity index (χ2v) is 24.2. The lowest BCUT2D eigenvalue weighted by atomic mass is 9.95. The standard InChI is InChI=1S/C64H93N11O18/c1-12-36(8)52-62(89)75(11)44(28-39-19-14-13-15-20-39)58(85)73-50(34(4)5)59(86)67-30-48(80)66-31-49(81)72-51(35(6)7)60(87)70-43(27-33(2)3)63(90)92-37(9)53(61(88)69-42(29-46(65)78)57(84)74-52)71-47(79)25-24-41-22-17-16-21-40(41)23-18-26-91-64-54(68-38(10)77)56(83)55(82)45(32-76)93-64/h13-25,33-37,42-45,50-56,64,76,82-83H,12,26-32H2,1-11H3,(H2,65,78)(H,66,80)(H,67,86)(H,68,77)(H,69,88)(H,70,87)(H,71,79)(H,72,81)(H,73,85)(H,74,84)/b23-18+,25-24+/t36-,37-,42-,43+,44+,45-,50-,51-,52+,53-,54-,55-,56-,64-/m1/s1. The van der Waals surface area contributed by atoms with Gasteiger partial charge < -0.3 is 88.0 Å². The number of benzene rings is 2. The highest BCUT2D eigenvalue weighted by Gasteiger charge is 2.46. The van der Waals surface area contributed by atoms with Gasteiger partial charge >= 0.3 is 5.97 Å². The van der Waals surface area contributed by atoms with Gasteiger partial charge in [-0.25, -0.2) is 4.79 Å². The van der Waals surface area contributed by atoms with E-state index in [1.165, 1.54) is 27.0 Å². The summed E-state index contributed by atoms with van der Waals surface area (Å²) >= 11 is 0. The van der Waals surface area contributed by atoms with E-state index in [4.69, 9.17) is 19.9 Å². The Bertz CT molecular complexity index is 3000. The van der Waals surface area contributed by atoms with Gasteiger partial charge in [-0.15, -0.1) is 0 Å². The van der Waals surface area contributed by atoms with Crippen LogP contribution in [0, 0.1) is 23.7 Å². The monoisotopic (exact) mass is 1300 g/mol. The maximum Gasteiger partial charge on any atom is 0.328 e. The first-order valence-corrected chi connectivity index (χ1v) is 31.0. The molecule has 0 unspecified atom stereocenters. The Balaban J connectivity index is 1.79. The molecule has 512 valence electrons. The number of nitrogens with two attached hydrogens (primary N) is 1. The number of cyclic esters (lactones) is 1. The number of likely N-dealkylation sites (N-methyl/N-ethyl adjacent to an activating group) is 1. The summed E-state index contributed by atoms with van der Waals surface area (Å²) in [6.07, 6.45) is -2.41. The van der Waals surface area contributed by atoms with E-state index in [9.17, 15) is 72.9 Å². The number of aliphatic hydroxyl groups is 3. The quantitative estimate of drug-likeness (QED) is 0.0540. The SMILES string of the molecule is CC[C@@H](C)[C@@H]1NC(=O)[C@@H](CC(N)=O)NC(=O)[C@H](NC(=O)/C=C/c2ccccc2/C=C/CO[C@@H]2O[C@H](CO)[C@@H](O)[C@H](O)[C@H]2NC(C)=O)[C@@H](C)OC(=O)[C@H](CC(C)C)NC(=O)[C@@H](C(C)C)NC(=O)CNC(=O)CNC(=O)[C@@H](C(C)C)NC(=O)[C@H](Cc2ccccc2)N(C)C1=O. The van der Waals surface area contributed by atoms with E-state index in [-0.39, 0.29) is 31.8 Å². The van der Waals surface area contributed by atoms with Gasteiger partial charge in [-0.1, -0.05) is 129 Å². The number of ether oxygens (including phenoxy) is 3. The van der Waals surface area contributed by atoms with Gasteiger partial charge in [-0.2, -0.15) is 0 Å². The Labute approximate surface area is 541 Å². The molecule has 0 saturated carbocycles. The normalized spacial score (nSPS) is 27.0. The molecule has 2 aromatic rings. The molecule has 29 nitrogen and oxygen atoms in total. The number of carbonyl (C=O) groups excluding carboxylic acids is 12. The molecule has 0 aromatic heterocycles. The van der Waals surface area contributed by atoms with Crippen LogP contribution < -0.4 is 53.6 Å². The van der Waals surface area contributed by atoms with Crippen molar-refractivity contribution in [2.24, 2.45) is 29.4 Å². The average Bonchev–Trinajstić information content (AvgIpc) is 0.989. The first-order chi connectivity index (χ1) is 43.9. The summed E-state index contributed by atoms with van der Waals surface area (Å²) in [4.78, 5) is 167. The fraction of sp³-hybridized carbons (Fsp3) is 0.562. The maximum absolute atomic E-state index is 14.9. The van der Waals surface area contributed by atoms with Gasteiger partial charge in [0, 0.05) is 26.5 Å². The van der Waals surface area contributed by atoms with Crippen LogP contribution in [0.25, 0.3) is 12.2 Å². The van der Waals surface area contributed by atoms with Gasteiger partial charge in [0.05, 0.1) is 32.7 Å². The third-order valence-electron chi connectivity index (χ3n) is 15.6. The summed E-state index contributed by atoms with van der Waals surface area (Å²) in [6.45, 7) is 13.7. The molecule has 29 heteroatoms. The molecule has 14 N–H and O–H groups in total. The Hall–Kier alpha value is -8.64. The van der Waals surface area contributed by atoms with Crippen LogP contribution in [-0.2, 0) is 78.2 Å². The predicted octanol–water partition coefficient (Wildman–Crippen LogP) is -1.89. The molecule has 0 aliphatic carbocycles. The Morgan fingerprint density at radius 2 is 1.31 bits per heavy atom. The van der Waals surface area contributed by atoms with Crippen molar-refractivity contribution < 1.29 is 87.1 Å². The number of esters is 1. The largest absolute Gasteiger partial charge is 0.458 e. The zero-order valence-corrected chi connectivity index (χ0v) is 54.5. The van der Waals surface area contributed by atoms with Gasteiger partial charge in [0.15, 0.2) is 6.29 Å². The molecule has 14 atom stereocenters. The van der Waals surface area contributed by atoms with Crippen LogP contribution in [0.4, 0.5) is 0 Å². The molecule has 4 rings (SSSR count). The van der Waals surface area contributed by atoms with Crippen molar-refractivity contribution in [3.63, 3.8) is 0 Å². The Morgan fingerprint density at radius 3 is 1.90 bits per heavy atom. The molecular weight excluding hydrogens is 1210 g/mol. The predicted molar refractivity (Wildman–Crippen MR) is 338 cm³/mol. The van der Waals surface area contributed by atoms with Crippen molar-refractivity contribution >= 4 is 83.1 Å². The smallest absolute Gasteiger partial charge is 0.328 e. The van der Waals surface area contributed by atoms with Crippen molar-refractivity contribution in [1.29, 1.82) is 0 Å². The number of rotatable bonds is 19. The second-order valence-electron chi connectivity index (χ2n) is 24.2. The molecule has 11 amide bonds. The highest BCUT2D eigenvalue weighted by Crippen LogP contribution is 2.24. The van der Waals surface area contributed by atoms with E-state index in [0.29, 0.717) is 16.7 Å². The summed E-state index contributed by atoms with van der Waals surface area (Å²) in [5.74, 6) is -13.0. The minimum Gasteiger partial charge on any atom is -0.458 e. The van der Waals surface area contributed by atoms with E-state index in [0.717, 1.165) is 11.0 Å². The third-order valence-corrected chi connectivity index (χ3v) is 15.6. The molecule has 0 radical (unpaired) electrons. The highest BCUT2D eigenvalue weighted by molar-refractivity contribution is 6.00. The lowest BCUT2D eigenvalue weighted by Crippen LogP contribution is -2.64. The van der Waals surface area contributed by atoms with Gasteiger partial charge in [0.25, 0.3) is 0 Å². The van der Waals surface area contributed by atoms with Crippen LogP contribution in [0.2, 0.25) is 0 Å². The molecule has 93 heavy (non-hydrogen) atoms. The number of amides is 11. The molecule has 2 saturated heterocycles. The van der Waals surface area contributed by atoms with Crippen LogP contribution in [0.3, 0.4) is 0 Å². The first-order valence-electron chi connectivity index (χ1n) is 31.0. The maximum atomic E-state index is 14.9. The zero-order chi connectivity index (χ0) is 69.4. The molecule has 2 fully saturated rings. The number of hydrogen-bond acceptors (Lipinski definition) is 18. The van der Waals surface area contributed by atoms with E-state index < -0.39 is 194 Å². The number of hydrogen-bond donors (Lipinski definition) is 13. The number of aliphatic hydroxyl groups excluding tert-OH is 3. The highest BCUT2D eigenvalue weighted by atomic mass is 16.7. The van der Waals surface area contributed by atoms with Crippen LogP contribution >= 0.6 is 0 Å². The number of nitrogens with one attached hydrogen (secondary N) is 9. The summed E-state index contributed by atoms with van der Waals surface area (Å²) < 4.78 is 17.3. The van der Waals surface area contributed by atoms with Gasteiger partial charge in [0.2, 0.25) is 65.0 Å². The molecule has 0 spiro atoms. The molecule has 2 heterocycles. The van der Waals surface area contributed by atoms with Crippen molar-refractivity contribution in [2.45, 2.75) is 174 Å². The van der Waals surface area contributed by atoms with Crippen LogP contribution in [-0.4, -0.2) is 204 Å². The average molecular weight is 1300 g/mol. The lowest BCUT2D eigenvalue weighted by molar-refractivity contribution is -0.267. The number of carbonyl (C=O) groups is 12. The van der Waals surface area contributed by atoms with E-state index >= 15 is 0 Å². The van der Waals surface area contributed by atoms with Crippen LogP contribution in [0.15, 0.2) is 66.7 Å². The summed E-state index contributed by atoms with van der Waals surface area (Å²) in [5, 5.41) is 53.6. The topological polar surface area (TPSA) is 431 Å². The third kappa shape index (κ3) is 23.8. The zero-order valence-electron chi connectivity index (χ0n) is 54.5. The summed E-state index contributed by atoms with van der Waals surface area (Å²) in [7, 11) is 1.33. The summed E-state index contributed by atoms with van der Waals surface area (Å²) in [5.41, 5.74) is 7.23. The minimum absolute atomic E-state index is 0.0480. The Kier molecular flexibility index (Phi) is 30.7. The number of nitrogens with zero attached hydrogens (tertiary/aromatic N) is 1. The van der Waals surface area contributed by atoms with E-state index in [2.05, 4.69) is 47.9 Å². The van der Waals surface area contributed by atoms with Crippen molar-refractivity contribution in [1.82, 2.24) is 52.8 Å². The fourth-order valence-electron chi connectivity index (χ4n) is 10.1. The minimum atomic E-state index is -1.90. The van der Waals surface area contributed by atoms with E-state index in [1.54, 1.807) is 122 Å². The van der Waals surface area contributed by atoms with Gasteiger partial charge in [0.1, 0.15) is 72.8 Å². The fourth-order valence-corrected chi connectivity index (χ4v) is 10.1. The second kappa shape index (κ2) is 37.2. The molecule has 2 aliphatic heterocycles. The van der Waals surface area contributed by atoms with Crippen molar-refractivity contribution in [2.75, 3.05) is 33.4 Å². The molecule has 2 aliphatic rings. The number of primary amides is 1. The van der Waals surface area contributed by atoms with Crippen molar-refractivity contribution in [3.8, 4) is 0 Å². The first kappa shape index (κ1) is 76.8. The van der Waals surface area contributed by atoms with Gasteiger partial charge in [-0.05, 0) is 59.8 Å². The van der Waals surface area contributed by atoms with Gasteiger partial charge in [-0.3, -0.25) is 52.7 Å². The van der Waals surface area contributed by atoms with Crippen molar-refractivity contribution in [3.05, 3.63) is 83.4 Å². The van der Waals surface area contributed by atoms with Crippen LogP contribution in [0.5, 0.6) is 0 Å². The van der Waals surface area contributed by atoms with E-state index in [1.807, 2.05) is 0 Å². The van der Waals surface area contributed by atoms with Crippen LogP contribution in [0.1, 0.15) is 105 Å². The Morgan fingerprint density at radius 1 is 0.720 bits per heavy atom. The lowest BCUT2D eigenvalue weighted by Gasteiger charge is -2.42. The molecule has 2 aromatic carbocycles.